The van der Waals surface area contributed by atoms with Crippen molar-refractivity contribution in [1.29, 1.82) is 0 Å². The zero-order valence-corrected chi connectivity index (χ0v) is 12.4. The van der Waals surface area contributed by atoms with Gasteiger partial charge in [-0.05, 0) is 41.8 Å². The van der Waals surface area contributed by atoms with Crippen LogP contribution in [0.15, 0.2) is 54.6 Å². The number of para-hydroxylation sites is 1. The summed E-state index contributed by atoms with van der Waals surface area (Å²) in [7, 11) is 0. The summed E-state index contributed by atoms with van der Waals surface area (Å²) in [6, 6.07) is 17.1. The van der Waals surface area contributed by atoms with E-state index in [0.29, 0.717) is 6.73 Å². The minimum absolute atomic E-state index is 0.200. The summed E-state index contributed by atoms with van der Waals surface area (Å²) in [5.41, 5.74) is 2.25. The number of thiazole rings is 1. The summed E-state index contributed by atoms with van der Waals surface area (Å²) in [5, 5.41) is 3.21. The maximum absolute atomic E-state index is 13.4. The Morgan fingerprint density at radius 3 is 2.91 bits per heavy atom. The fourth-order valence-corrected chi connectivity index (χ4v) is 4.39. The molecule has 4 heteroatoms. The quantitative estimate of drug-likeness (QED) is 0.436. The van der Waals surface area contributed by atoms with Crippen LogP contribution in [-0.2, 0) is 6.73 Å². The molecule has 2 heterocycles. The van der Waals surface area contributed by atoms with Gasteiger partial charge in [-0.15, -0.1) is 4.57 Å². The Kier molecular flexibility index (Phi) is 2.35. The van der Waals surface area contributed by atoms with Gasteiger partial charge in [-0.25, -0.2) is 4.39 Å². The fraction of sp³-hybridized carbons (Fsp3) is 0.0556. The normalized spacial score (nSPS) is 13.0. The zero-order chi connectivity index (χ0) is 14.7. The topological polar surface area (TPSA) is 13.1 Å². The molecule has 0 unspecified atom stereocenters. The van der Waals surface area contributed by atoms with Crippen LogP contribution in [0.4, 0.5) is 4.39 Å². The molecular formula is C18H11FNOS+. The van der Waals surface area contributed by atoms with Crippen LogP contribution in [0.2, 0.25) is 0 Å². The third-order valence-corrected chi connectivity index (χ3v) is 5.38. The second-order valence-electron chi connectivity index (χ2n) is 5.38. The molecule has 1 aliphatic rings. The summed E-state index contributed by atoms with van der Waals surface area (Å²) >= 11 is 1.74. The minimum Gasteiger partial charge on any atom is -0.435 e. The number of halogens is 1. The van der Waals surface area contributed by atoms with Crippen molar-refractivity contribution >= 4 is 32.3 Å². The summed E-state index contributed by atoms with van der Waals surface area (Å²) < 4.78 is 22.7. The number of nitrogens with zero attached hydrogens (tertiary/aromatic N) is 1. The first-order valence-electron chi connectivity index (χ1n) is 7.08. The lowest BCUT2D eigenvalue weighted by atomic mass is 10.1. The summed E-state index contributed by atoms with van der Waals surface area (Å²) in [6.07, 6.45) is 0. The van der Waals surface area contributed by atoms with Crippen molar-refractivity contribution in [2.24, 2.45) is 0 Å². The van der Waals surface area contributed by atoms with Gasteiger partial charge in [-0.3, -0.25) is 0 Å². The molecule has 0 N–H and O–H groups in total. The van der Waals surface area contributed by atoms with E-state index in [4.69, 9.17) is 4.74 Å². The van der Waals surface area contributed by atoms with Gasteiger partial charge in [0.25, 0.3) is 11.7 Å². The highest BCUT2D eigenvalue weighted by atomic mass is 32.1. The van der Waals surface area contributed by atoms with Gasteiger partial charge in [0.15, 0.2) is 0 Å². The summed E-state index contributed by atoms with van der Waals surface area (Å²) in [6.45, 7) is 0.513. The van der Waals surface area contributed by atoms with Crippen molar-refractivity contribution in [3.8, 4) is 16.3 Å². The molecule has 0 atom stereocenters. The predicted molar refractivity (Wildman–Crippen MR) is 85.5 cm³/mol. The van der Waals surface area contributed by atoms with E-state index >= 15 is 0 Å². The molecule has 2 nitrogen and oxygen atoms in total. The number of ether oxygens (including phenoxy) is 1. The van der Waals surface area contributed by atoms with Gasteiger partial charge in [0.1, 0.15) is 16.3 Å². The molecular weight excluding hydrogens is 297 g/mol. The molecule has 0 fully saturated rings. The van der Waals surface area contributed by atoms with Crippen LogP contribution >= 0.6 is 11.3 Å². The van der Waals surface area contributed by atoms with E-state index in [2.05, 4.69) is 16.7 Å². The molecule has 1 aromatic heterocycles. The molecule has 3 aromatic carbocycles. The van der Waals surface area contributed by atoms with Crippen molar-refractivity contribution in [2.75, 3.05) is 0 Å². The fourth-order valence-electron chi connectivity index (χ4n) is 3.07. The van der Waals surface area contributed by atoms with Gasteiger partial charge in [-0.2, -0.15) is 0 Å². The van der Waals surface area contributed by atoms with Crippen LogP contribution in [0, 0.1) is 5.82 Å². The predicted octanol–water partition coefficient (Wildman–Crippen LogP) is 4.50. The lowest BCUT2D eigenvalue weighted by Gasteiger charge is -2.12. The smallest absolute Gasteiger partial charge is 0.293 e. The van der Waals surface area contributed by atoms with Crippen molar-refractivity contribution < 1.29 is 13.7 Å². The van der Waals surface area contributed by atoms with Gasteiger partial charge in [-0.1, -0.05) is 23.5 Å². The van der Waals surface area contributed by atoms with Gasteiger partial charge >= 0.3 is 0 Å². The maximum atomic E-state index is 13.4. The Labute approximate surface area is 130 Å². The average molecular weight is 308 g/mol. The van der Waals surface area contributed by atoms with Gasteiger partial charge < -0.3 is 4.74 Å². The molecule has 0 spiro atoms. The third kappa shape index (κ3) is 1.56. The number of benzene rings is 3. The molecule has 4 aromatic rings. The zero-order valence-electron chi connectivity index (χ0n) is 11.5. The highest BCUT2D eigenvalue weighted by Crippen LogP contribution is 2.39. The van der Waals surface area contributed by atoms with Crippen LogP contribution in [0.1, 0.15) is 0 Å². The third-order valence-electron chi connectivity index (χ3n) is 4.11. The van der Waals surface area contributed by atoms with Crippen molar-refractivity contribution in [3.05, 3.63) is 60.4 Å². The summed E-state index contributed by atoms with van der Waals surface area (Å²) in [4.78, 5) is 0. The van der Waals surface area contributed by atoms with E-state index in [-0.39, 0.29) is 5.82 Å². The highest BCUT2D eigenvalue weighted by Gasteiger charge is 2.29. The Morgan fingerprint density at radius 1 is 1.05 bits per heavy atom. The molecule has 1 aliphatic heterocycles. The van der Waals surface area contributed by atoms with Gasteiger partial charge in [0.05, 0.1) is 5.56 Å². The van der Waals surface area contributed by atoms with Gasteiger partial charge in [0.2, 0.25) is 5.52 Å². The van der Waals surface area contributed by atoms with Crippen molar-refractivity contribution in [1.82, 2.24) is 0 Å². The number of hydrogen-bond acceptors (Lipinski definition) is 2. The number of aromatic nitrogens is 1. The molecule has 0 aliphatic carbocycles. The molecule has 0 saturated carbocycles. The Balaban J connectivity index is 1.90. The van der Waals surface area contributed by atoms with E-state index in [1.165, 1.54) is 15.8 Å². The lowest BCUT2D eigenvalue weighted by molar-refractivity contribution is -0.689. The first kappa shape index (κ1) is 12.1. The van der Waals surface area contributed by atoms with Crippen LogP contribution in [0.5, 0.6) is 5.75 Å². The van der Waals surface area contributed by atoms with Crippen LogP contribution in [0.3, 0.4) is 0 Å². The van der Waals surface area contributed by atoms with Crippen LogP contribution in [0.25, 0.3) is 31.6 Å². The van der Waals surface area contributed by atoms with E-state index in [0.717, 1.165) is 27.6 Å². The standard InChI is InChI=1S/C18H11FNOS/c19-12-6-7-13-11(9-12)5-8-15-17(13)22-18-14-3-1-2-4-16(14)21-10-20(15)18/h1-9H,10H2/q+1. The van der Waals surface area contributed by atoms with E-state index in [9.17, 15) is 4.39 Å². The minimum atomic E-state index is -0.200. The molecule has 5 rings (SSSR count). The Hall–Kier alpha value is -2.46. The second kappa shape index (κ2) is 4.27. The SMILES string of the molecule is Fc1ccc2c(ccc3c2sc2[n+]3COc3ccccc3-2)c1. The lowest BCUT2D eigenvalue weighted by Crippen LogP contribution is -2.39. The average Bonchev–Trinajstić information content (AvgIpc) is 2.94. The largest absolute Gasteiger partial charge is 0.435 e. The molecule has 106 valence electrons. The summed E-state index contributed by atoms with van der Waals surface area (Å²) in [5.74, 6) is 0.721. The second-order valence-corrected chi connectivity index (χ2v) is 6.38. The van der Waals surface area contributed by atoms with E-state index < -0.39 is 0 Å². The first-order chi connectivity index (χ1) is 10.8. The molecule has 0 bridgehead atoms. The number of rotatable bonds is 0. The van der Waals surface area contributed by atoms with E-state index in [1.54, 1.807) is 17.4 Å². The molecule has 22 heavy (non-hydrogen) atoms. The van der Waals surface area contributed by atoms with E-state index in [1.807, 2.05) is 30.3 Å². The molecule has 0 radical (unpaired) electrons. The molecule has 0 amide bonds. The first-order valence-corrected chi connectivity index (χ1v) is 7.90. The van der Waals surface area contributed by atoms with Crippen molar-refractivity contribution in [2.45, 2.75) is 6.73 Å². The number of fused-ring (bicyclic) bond motifs is 7. The van der Waals surface area contributed by atoms with Gasteiger partial charge in [0, 0.05) is 11.5 Å². The highest BCUT2D eigenvalue weighted by molar-refractivity contribution is 7.22. The molecule has 0 saturated heterocycles. The van der Waals surface area contributed by atoms with Crippen molar-refractivity contribution in [3.63, 3.8) is 0 Å². The number of hydrogen-bond donors (Lipinski definition) is 0. The Bertz CT molecular complexity index is 1050. The van der Waals surface area contributed by atoms with Crippen LogP contribution < -0.4 is 9.30 Å². The Morgan fingerprint density at radius 2 is 1.95 bits per heavy atom. The van der Waals surface area contributed by atoms with Crippen LogP contribution in [-0.4, -0.2) is 0 Å². The monoisotopic (exact) mass is 308 g/mol. The maximum Gasteiger partial charge on any atom is 0.293 e.